The molecule has 0 saturated carbocycles. The number of methoxy groups -OCH3 is 1. The summed E-state index contributed by atoms with van der Waals surface area (Å²) in [6.45, 7) is 4.15. The summed E-state index contributed by atoms with van der Waals surface area (Å²) < 4.78 is 41.4. The SMILES string of the molecule is CCn1c(Oc2ccc(OC)cc2)nnc1[C@@H](C)NS(=O)(=O)c1ccc2ccccc2c1. The highest BCUT2D eigenvalue weighted by Crippen LogP contribution is 2.26. The first-order valence-electron chi connectivity index (χ1n) is 10.2. The summed E-state index contributed by atoms with van der Waals surface area (Å²) in [5, 5.41) is 10.1. The van der Waals surface area contributed by atoms with Crippen LogP contribution in [0.4, 0.5) is 0 Å². The minimum atomic E-state index is -3.77. The van der Waals surface area contributed by atoms with E-state index in [4.69, 9.17) is 9.47 Å². The van der Waals surface area contributed by atoms with Gasteiger partial charge in [-0.15, -0.1) is 5.10 Å². The first kappa shape index (κ1) is 21.8. The van der Waals surface area contributed by atoms with Gasteiger partial charge in [0.15, 0.2) is 5.82 Å². The van der Waals surface area contributed by atoms with E-state index in [1.165, 1.54) is 0 Å². The number of hydrogen-bond donors (Lipinski definition) is 1. The fourth-order valence-electron chi connectivity index (χ4n) is 3.43. The van der Waals surface area contributed by atoms with E-state index in [9.17, 15) is 8.42 Å². The molecule has 0 unspecified atom stereocenters. The van der Waals surface area contributed by atoms with Crippen LogP contribution in [0.15, 0.2) is 71.6 Å². The third kappa shape index (κ3) is 4.44. The zero-order valence-electron chi connectivity index (χ0n) is 18.0. The van der Waals surface area contributed by atoms with Crippen LogP contribution in [0.25, 0.3) is 10.8 Å². The van der Waals surface area contributed by atoms with Gasteiger partial charge >= 0.3 is 6.01 Å². The second-order valence-electron chi connectivity index (χ2n) is 7.21. The molecular formula is C23H24N4O4S. The molecule has 0 bridgehead atoms. The summed E-state index contributed by atoms with van der Waals surface area (Å²) in [5.41, 5.74) is 0. The van der Waals surface area contributed by atoms with E-state index in [1.807, 2.05) is 31.2 Å². The Morgan fingerprint density at radius 1 is 0.969 bits per heavy atom. The molecule has 1 heterocycles. The Bertz CT molecular complexity index is 1330. The lowest BCUT2D eigenvalue weighted by molar-refractivity contribution is 0.400. The van der Waals surface area contributed by atoms with E-state index in [2.05, 4.69) is 14.9 Å². The highest BCUT2D eigenvalue weighted by atomic mass is 32.2. The van der Waals surface area contributed by atoms with Crippen LogP contribution in [0.5, 0.6) is 17.5 Å². The van der Waals surface area contributed by atoms with Gasteiger partial charge in [0, 0.05) is 6.54 Å². The van der Waals surface area contributed by atoms with Crippen LogP contribution in [0.2, 0.25) is 0 Å². The van der Waals surface area contributed by atoms with Crippen molar-refractivity contribution >= 4 is 20.8 Å². The third-order valence-corrected chi connectivity index (χ3v) is 6.62. The second kappa shape index (κ2) is 8.97. The van der Waals surface area contributed by atoms with E-state index in [1.54, 1.807) is 61.1 Å². The second-order valence-corrected chi connectivity index (χ2v) is 8.93. The highest BCUT2D eigenvalue weighted by molar-refractivity contribution is 7.89. The standard InChI is InChI=1S/C23H24N4O4S/c1-4-27-22(24-25-23(27)31-20-12-10-19(30-3)11-13-20)16(2)26-32(28,29)21-14-9-17-7-5-6-8-18(17)15-21/h5-16,26H,4H2,1-3H3/t16-/m1/s1. The molecule has 8 nitrogen and oxygen atoms in total. The average Bonchev–Trinajstić information content (AvgIpc) is 3.21. The summed E-state index contributed by atoms with van der Waals surface area (Å²) in [5.74, 6) is 1.75. The number of rotatable bonds is 8. The molecule has 1 atom stereocenters. The van der Waals surface area contributed by atoms with Gasteiger partial charge in [0.25, 0.3) is 0 Å². The topological polar surface area (TPSA) is 95.3 Å². The van der Waals surface area contributed by atoms with Gasteiger partial charge in [0.05, 0.1) is 18.0 Å². The normalized spacial score (nSPS) is 12.6. The van der Waals surface area contributed by atoms with Crippen molar-refractivity contribution in [2.75, 3.05) is 7.11 Å². The molecule has 32 heavy (non-hydrogen) atoms. The molecule has 3 aromatic carbocycles. The number of nitrogens with one attached hydrogen (secondary N) is 1. The Kier molecular flexibility index (Phi) is 6.11. The van der Waals surface area contributed by atoms with Crippen molar-refractivity contribution in [3.05, 3.63) is 72.6 Å². The zero-order chi connectivity index (χ0) is 22.7. The van der Waals surface area contributed by atoms with Gasteiger partial charge in [0.1, 0.15) is 11.5 Å². The maximum Gasteiger partial charge on any atom is 0.322 e. The molecule has 4 aromatic rings. The van der Waals surface area contributed by atoms with Gasteiger partial charge in [-0.25, -0.2) is 13.1 Å². The number of sulfonamides is 1. The molecule has 0 radical (unpaired) electrons. The van der Waals surface area contributed by atoms with Gasteiger partial charge in [-0.05, 0) is 61.0 Å². The fraction of sp³-hybridized carbons (Fsp3) is 0.217. The van der Waals surface area contributed by atoms with Gasteiger partial charge in [-0.3, -0.25) is 4.57 Å². The van der Waals surface area contributed by atoms with Crippen LogP contribution >= 0.6 is 0 Å². The number of benzene rings is 3. The monoisotopic (exact) mass is 452 g/mol. The first-order valence-corrected chi connectivity index (χ1v) is 11.7. The summed E-state index contributed by atoms with van der Waals surface area (Å²) >= 11 is 0. The van der Waals surface area contributed by atoms with Crippen LogP contribution in [0.1, 0.15) is 25.7 Å². The van der Waals surface area contributed by atoms with Crippen LogP contribution in [-0.4, -0.2) is 30.3 Å². The maximum absolute atomic E-state index is 13.0. The summed E-state index contributed by atoms with van der Waals surface area (Å²) in [7, 11) is -2.17. The van der Waals surface area contributed by atoms with Gasteiger partial charge in [-0.2, -0.15) is 0 Å². The van der Waals surface area contributed by atoms with E-state index >= 15 is 0 Å². The van der Waals surface area contributed by atoms with Crippen molar-refractivity contribution < 1.29 is 17.9 Å². The van der Waals surface area contributed by atoms with E-state index in [-0.39, 0.29) is 10.9 Å². The summed E-state index contributed by atoms with van der Waals surface area (Å²) in [6.07, 6.45) is 0. The lowest BCUT2D eigenvalue weighted by Gasteiger charge is -2.15. The molecule has 0 saturated heterocycles. The van der Waals surface area contributed by atoms with Crippen molar-refractivity contribution in [2.45, 2.75) is 31.3 Å². The summed E-state index contributed by atoms with van der Waals surface area (Å²) in [6, 6.07) is 19.4. The molecule has 0 aliphatic rings. The van der Waals surface area contributed by atoms with Crippen LogP contribution in [0.3, 0.4) is 0 Å². The van der Waals surface area contributed by atoms with Crippen molar-refractivity contribution in [1.82, 2.24) is 19.5 Å². The molecule has 4 rings (SSSR count). The zero-order valence-corrected chi connectivity index (χ0v) is 18.8. The Balaban J connectivity index is 1.56. The molecule has 0 spiro atoms. The molecule has 0 amide bonds. The highest BCUT2D eigenvalue weighted by Gasteiger charge is 2.24. The maximum atomic E-state index is 13.0. The first-order chi connectivity index (χ1) is 15.4. The molecule has 1 aromatic heterocycles. The largest absolute Gasteiger partial charge is 0.497 e. The number of nitrogens with zero attached hydrogens (tertiary/aromatic N) is 3. The van der Waals surface area contributed by atoms with Crippen molar-refractivity contribution in [1.29, 1.82) is 0 Å². The lowest BCUT2D eigenvalue weighted by atomic mass is 10.1. The molecule has 9 heteroatoms. The summed E-state index contributed by atoms with van der Waals surface area (Å²) in [4.78, 5) is 0.195. The van der Waals surface area contributed by atoms with Crippen LogP contribution in [-0.2, 0) is 16.6 Å². The predicted octanol–water partition coefficient (Wildman–Crippen LogP) is 4.29. The number of aromatic nitrogens is 3. The molecule has 0 aliphatic carbocycles. The average molecular weight is 453 g/mol. The number of hydrogen-bond acceptors (Lipinski definition) is 6. The molecule has 1 N–H and O–H groups in total. The Morgan fingerprint density at radius 3 is 2.34 bits per heavy atom. The predicted molar refractivity (Wildman–Crippen MR) is 121 cm³/mol. The Morgan fingerprint density at radius 2 is 1.66 bits per heavy atom. The van der Waals surface area contributed by atoms with Crippen molar-refractivity contribution in [2.24, 2.45) is 0 Å². The fourth-order valence-corrected chi connectivity index (χ4v) is 4.67. The van der Waals surface area contributed by atoms with Gasteiger partial charge in [-0.1, -0.05) is 35.4 Å². The van der Waals surface area contributed by atoms with Crippen LogP contribution < -0.4 is 14.2 Å². The van der Waals surface area contributed by atoms with E-state index < -0.39 is 16.1 Å². The number of ether oxygens (including phenoxy) is 2. The Hall–Kier alpha value is -3.43. The third-order valence-electron chi connectivity index (χ3n) is 5.08. The smallest absolute Gasteiger partial charge is 0.322 e. The molecule has 0 fully saturated rings. The van der Waals surface area contributed by atoms with Crippen molar-refractivity contribution in [3.8, 4) is 17.5 Å². The Labute approximate surface area is 186 Å². The van der Waals surface area contributed by atoms with E-state index in [0.717, 1.165) is 10.8 Å². The van der Waals surface area contributed by atoms with Gasteiger partial charge in [0.2, 0.25) is 10.0 Å². The lowest BCUT2D eigenvalue weighted by Crippen LogP contribution is -2.29. The van der Waals surface area contributed by atoms with Crippen LogP contribution in [0, 0.1) is 0 Å². The number of fused-ring (bicyclic) bond motifs is 1. The molecular weight excluding hydrogens is 428 g/mol. The van der Waals surface area contributed by atoms with Crippen molar-refractivity contribution in [3.63, 3.8) is 0 Å². The van der Waals surface area contributed by atoms with Gasteiger partial charge < -0.3 is 9.47 Å². The quantitative estimate of drug-likeness (QED) is 0.428. The van der Waals surface area contributed by atoms with E-state index in [0.29, 0.717) is 23.9 Å². The minimum absolute atomic E-state index is 0.195. The molecule has 166 valence electrons. The minimum Gasteiger partial charge on any atom is -0.497 e. The molecule has 0 aliphatic heterocycles.